The SMILES string of the molecule is CCCC(=O)OC(c1ccccc1)(c1ccccc1)C(OC(=O)CCC)(c1ccccc1)c1ccccc1. The summed E-state index contributed by atoms with van der Waals surface area (Å²) in [5, 5.41) is 0. The van der Waals surface area contributed by atoms with Gasteiger partial charge in [0.15, 0.2) is 0 Å². The van der Waals surface area contributed by atoms with Gasteiger partial charge in [-0.25, -0.2) is 0 Å². The highest BCUT2D eigenvalue weighted by molar-refractivity contribution is 5.74. The summed E-state index contributed by atoms with van der Waals surface area (Å²) in [7, 11) is 0. The lowest BCUT2D eigenvalue weighted by atomic mass is 9.65. The maximum Gasteiger partial charge on any atom is 0.307 e. The van der Waals surface area contributed by atoms with Crippen molar-refractivity contribution in [2.24, 2.45) is 0 Å². The van der Waals surface area contributed by atoms with E-state index in [1.165, 1.54) is 0 Å². The monoisotopic (exact) mass is 506 g/mol. The Bertz CT molecular complexity index is 1120. The van der Waals surface area contributed by atoms with Gasteiger partial charge in [0.1, 0.15) is 0 Å². The number of hydrogen-bond acceptors (Lipinski definition) is 4. The molecule has 4 aromatic carbocycles. The van der Waals surface area contributed by atoms with Crippen LogP contribution in [0, 0.1) is 0 Å². The van der Waals surface area contributed by atoms with E-state index in [1.54, 1.807) is 0 Å². The third-order valence-corrected chi connectivity index (χ3v) is 6.66. The number of hydrogen-bond donors (Lipinski definition) is 0. The van der Waals surface area contributed by atoms with Gasteiger partial charge in [0, 0.05) is 35.1 Å². The Morgan fingerprint density at radius 2 is 0.711 bits per heavy atom. The van der Waals surface area contributed by atoms with Crippen molar-refractivity contribution in [2.75, 3.05) is 0 Å². The minimum Gasteiger partial charge on any atom is -0.444 e. The first-order valence-corrected chi connectivity index (χ1v) is 13.2. The van der Waals surface area contributed by atoms with Gasteiger partial charge in [-0.15, -0.1) is 0 Å². The molecule has 0 heterocycles. The maximum atomic E-state index is 13.6. The van der Waals surface area contributed by atoms with Crippen LogP contribution < -0.4 is 0 Å². The summed E-state index contributed by atoms with van der Waals surface area (Å²) in [6.45, 7) is 3.88. The zero-order valence-corrected chi connectivity index (χ0v) is 22.0. The molecule has 0 radical (unpaired) electrons. The van der Waals surface area contributed by atoms with Gasteiger partial charge in [-0.1, -0.05) is 135 Å². The van der Waals surface area contributed by atoms with Crippen LogP contribution in [0.15, 0.2) is 121 Å². The molecule has 194 valence electrons. The van der Waals surface area contributed by atoms with Crippen LogP contribution in [0.2, 0.25) is 0 Å². The van der Waals surface area contributed by atoms with E-state index >= 15 is 0 Å². The summed E-state index contributed by atoms with van der Waals surface area (Å²) in [5.41, 5.74) is -0.262. The fourth-order valence-electron chi connectivity index (χ4n) is 5.07. The molecule has 0 aliphatic heterocycles. The molecule has 0 spiro atoms. The summed E-state index contributed by atoms with van der Waals surface area (Å²) in [5.74, 6) is -0.744. The maximum absolute atomic E-state index is 13.6. The van der Waals surface area contributed by atoms with Gasteiger partial charge in [0.05, 0.1) is 0 Å². The van der Waals surface area contributed by atoms with Crippen LogP contribution in [-0.2, 0) is 30.3 Å². The molecule has 0 aliphatic carbocycles. The molecule has 4 aromatic rings. The fraction of sp³-hybridized carbons (Fsp3) is 0.235. The minimum atomic E-state index is -1.53. The van der Waals surface area contributed by atoms with Gasteiger partial charge in [-0.3, -0.25) is 9.59 Å². The van der Waals surface area contributed by atoms with E-state index in [-0.39, 0.29) is 24.8 Å². The van der Waals surface area contributed by atoms with Crippen LogP contribution in [-0.4, -0.2) is 11.9 Å². The first kappa shape index (κ1) is 26.9. The van der Waals surface area contributed by atoms with E-state index < -0.39 is 11.2 Å². The molecule has 0 amide bonds. The summed E-state index contributed by atoms with van der Waals surface area (Å²) < 4.78 is 13.4. The molecule has 0 saturated carbocycles. The zero-order chi connectivity index (χ0) is 26.8. The molecule has 0 atom stereocenters. The lowest BCUT2D eigenvalue weighted by Gasteiger charge is -2.50. The Morgan fingerprint density at radius 1 is 0.474 bits per heavy atom. The second-order valence-electron chi connectivity index (χ2n) is 9.27. The van der Waals surface area contributed by atoms with E-state index in [1.807, 2.05) is 135 Å². The van der Waals surface area contributed by atoms with E-state index in [0.717, 1.165) is 0 Å². The van der Waals surface area contributed by atoms with Crippen molar-refractivity contribution in [1.82, 2.24) is 0 Å². The number of carbonyl (C=O) groups is 2. The van der Waals surface area contributed by atoms with Gasteiger partial charge in [-0.05, 0) is 12.8 Å². The van der Waals surface area contributed by atoms with Crippen molar-refractivity contribution in [3.63, 3.8) is 0 Å². The lowest BCUT2D eigenvalue weighted by molar-refractivity contribution is -0.202. The van der Waals surface area contributed by atoms with Crippen LogP contribution >= 0.6 is 0 Å². The van der Waals surface area contributed by atoms with Crippen molar-refractivity contribution in [1.29, 1.82) is 0 Å². The second-order valence-corrected chi connectivity index (χ2v) is 9.27. The number of esters is 2. The molecular weight excluding hydrogens is 472 g/mol. The Hall–Kier alpha value is -4.18. The average Bonchev–Trinajstić information content (AvgIpc) is 2.97. The molecule has 0 N–H and O–H groups in total. The predicted octanol–water partition coefficient (Wildman–Crippen LogP) is 7.56. The molecule has 4 heteroatoms. The lowest BCUT2D eigenvalue weighted by Crippen LogP contribution is -2.56. The number of carbonyl (C=O) groups excluding carboxylic acids is 2. The Balaban J connectivity index is 2.22. The van der Waals surface area contributed by atoms with Crippen LogP contribution in [0.1, 0.15) is 61.8 Å². The molecule has 0 fully saturated rings. The second kappa shape index (κ2) is 12.4. The van der Waals surface area contributed by atoms with Gasteiger partial charge in [0.2, 0.25) is 11.2 Å². The van der Waals surface area contributed by atoms with Gasteiger partial charge in [-0.2, -0.15) is 0 Å². The van der Waals surface area contributed by atoms with Crippen molar-refractivity contribution in [2.45, 2.75) is 50.7 Å². The van der Waals surface area contributed by atoms with Crippen molar-refractivity contribution < 1.29 is 19.1 Å². The Labute approximate surface area is 225 Å². The summed E-state index contributed by atoms with van der Waals surface area (Å²) in [6, 6.07) is 38.4. The van der Waals surface area contributed by atoms with E-state index in [9.17, 15) is 9.59 Å². The Morgan fingerprint density at radius 3 is 0.921 bits per heavy atom. The first-order valence-electron chi connectivity index (χ1n) is 13.2. The average molecular weight is 507 g/mol. The number of ether oxygens (including phenoxy) is 2. The standard InChI is InChI=1S/C34H34O4/c1-3-17-31(35)37-33(27-19-9-5-10-20-27,28-21-11-6-12-22-28)34(38-32(36)18-4-2,29-23-13-7-14-24-29)30-25-15-8-16-26-30/h5-16,19-26H,3-4,17-18H2,1-2H3. The topological polar surface area (TPSA) is 52.6 Å². The molecule has 0 bridgehead atoms. The van der Waals surface area contributed by atoms with Crippen LogP contribution in [0.5, 0.6) is 0 Å². The largest absolute Gasteiger partial charge is 0.444 e. The number of rotatable bonds is 11. The number of benzene rings is 4. The fourth-order valence-corrected chi connectivity index (χ4v) is 5.07. The molecular formula is C34H34O4. The molecule has 0 unspecified atom stereocenters. The summed E-state index contributed by atoms with van der Waals surface area (Å²) in [4.78, 5) is 27.1. The smallest absolute Gasteiger partial charge is 0.307 e. The zero-order valence-electron chi connectivity index (χ0n) is 22.0. The highest BCUT2D eigenvalue weighted by atomic mass is 16.6. The molecule has 4 nitrogen and oxygen atoms in total. The summed E-state index contributed by atoms with van der Waals surface area (Å²) in [6.07, 6.45) is 1.70. The minimum absolute atomic E-state index is 0.226. The highest BCUT2D eigenvalue weighted by Gasteiger charge is 2.62. The summed E-state index contributed by atoms with van der Waals surface area (Å²) >= 11 is 0. The molecule has 38 heavy (non-hydrogen) atoms. The highest BCUT2D eigenvalue weighted by Crippen LogP contribution is 2.55. The third kappa shape index (κ3) is 5.12. The predicted molar refractivity (Wildman–Crippen MR) is 149 cm³/mol. The van der Waals surface area contributed by atoms with Gasteiger partial charge in [0.25, 0.3) is 0 Å². The van der Waals surface area contributed by atoms with Crippen LogP contribution in [0.3, 0.4) is 0 Å². The van der Waals surface area contributed by atoms with E-state index in [2.05, 4.69) is 0 Å². The van der Waals surface area contributed by atoms with E-state index in [0.29, 0.717) is 35.1 Å². The molecule has 0 aliphatic rings. The first-order chi connectivity index (χ1) is 18.6. The van der Waals surface area contributed by atoms with Crippen molar-refractivity contribution in [3.8, 4) is 0 Å². The van der Waals surface area contributed by atoms with Crippen molar-refractivity contribution in [3.05, 3.63) is 144 Å². The molecule has 0 saturated heterocycles. The molecule has 4 rings (SSSR count). The Kier molecular flexibility index (Phi) is 8.75. The molecule has 0 aromatic heterocycles. The normalized spacial score (nSPS) is 11.5. The van der Waals surface area contributed by atoms with Crippen LogP contribution in [0.25, 0.3) is 0 Å². The van der Waals surface area contributed by atoms with Gasteiger partial charge >= 0.3 is 11.9 Å². The van der Waals surface area contributed by atoms with E-state index in [4.69, 9.17) is 9.47 Å². The van der Waals surface area contributed by atoms with Crippen molar-refractivity contribution >= 4 is 11.9 Å². The third-order valence-electron chi connectivity index (χ3n) is 6.66. The van der Waals surface area contributed by atoms with Crippen LogP contribution in [0.4, 0.5) is 0 Å². The van der Waals surface area contributed by atoms with Gasteiger partial charge < -0.3 is 9.47 Å². The quantitative estimate of drug-likeness (QED) is 0.197.